The molecule has 0 radical (unpaired) electrons. The lowest BCUT2D eigenvalue weighted by Gasteiger charge is -2.42. The number of hydrogen-bond acceptors (Lipinski definition) is 18. The number of hydrogen-bond donors (Lipinski definition) is 3. The van der Waals surface area contributed by atoms with E-state index in [4.69, 9.17) is 37.9 Å². The van der Waals surface area contributed by atoms with E-state index in [0.717, 1.165) is 20.9 Å². The summed E-state index contributed by atoms with van der Waals surface area (Å²) in [6.07, 6.45) is 4.56. The smallest absolute Gasteiger partial charge is 0.410 e. The molecule has 25 heteroatoms. The molecule has 5 rings (SSSR count). The van der Waals surface area contributed by atoms with Gasteiger partial charge in [-0.2, -0.15) is 0 Å². The number of ether oxygens (including phenoxy) is 8. The first-order valence-electron chi connectivity index (χ1n) is 27.7. The molecule has 2 saturated heterocycles. The highest BCUT2D eigenvalue weighted by Gasteiger charge is 2.64. The third kappa shape index (κ3) is 17.8. The van der Waals surface area contributed by atoms with Crippen LogP contribution in [0.5, 0.6) is 5.75 Å². The predicted octanol–water partition coefficient (Wildman–Crippen LogP) is 3.87. The summed E-state index contributed by atoms with van der Waals surface area (Å²) in [6, 6.07) is 2.58. The summed E-state index contributed by atoms with van der Waals surface area (Å²) in [5.41, 5.74) is -0.181. The van der Waals surface area contributed by atoms with Crippen LogP contribution in [0.4, 0.5) is 20.1 Å². The Kier molecular flexibility index (Phi) is 23.8. The van der Waals surface area contributed by atoms with Crippen LogP contribution in [0, 0.1) is 12.8 Å². The van der Waals surface area contributed by atoms with Gasteiger partial charge in [0.15, 0.2) is 5.72 Å². The van der Waals surface area contributed by atoms with E-state index in [1.165, 1.54) is 69.1 Å². The Bertz CT molecular complexity index is 2660. The van der Waals surface area contributed by atoms with Crippen molar-refractivity contribution in [2.24, 2.45) is 5.92 Å². The Balaban J connectivity index is 1.13. The number of carbonyl (C=O) groups is 9. The zero-order valence-electron chi connectivity index (χ0n) is 49.9. The number of benzene rings is 1. The van der Waals surface area contributed by atoms with E-state index in [2.05, 4.69) is 10.6 Å². The molecule has 4 heterocycles. The van der Waals surface area contributed by atoms with Gasteiger partial charge in [0, 0.05) is 91.5 Å². The molecular weight excluding hydrogens is 1080 g/mol. The number of nitrogens with zero attached hydrogens (tertiary/aromatic N) is 5. The molecule has 0 spiro atoms. The lowest BCUT2D eigenvalue weighted by molar-refractivity contribution is -0.162. The van der Waals surface area contributed by atoms with Crippen LogP contribution in [-0.4, -0.2) is 214 Å². The Morgan fingerprint density at radius 2 is 1.67 bits per heavy atom. The van der Waals surface area contributed by atoms with E-state index in [9.17, 15) is 48.3 Å². The van der Waals surface area contributed by atoms with Crippen LogP contribution in [0.25, 0.3) is 0 Å². The minimum Gasteiger partial charge on any atom is -0.496 e. The third-order valence-corrected chi connectivity index (χ3v) is 15.3. The van der Waals surface area contributed by atoms with Crippen LogP contribution in [0.2, 0.25) is 0 Å². The summed E-state index contributed by atoms with van der Waals surface area (Å²) in [5, 5.41) is 17.0. The number of allylic oxidation sites excluding steroid dienone is 3. The maximum Gasteiger partial charge on any atom is 0.410 e. The minimum atomic E-state index is -1.89. The molecule has 10 atom stereocenters. The van der Waals surface area contributed by atoms with Gasteiger partial charge in [-0.15, -0.1) is 0 Å². The molecule has 1 aromatic carbocycles. The molecular formula is C58H83N7O18. The number of rotatable bonds is 22. The molecule has 83 heavy (non-hydrogen) atoms. The second-order valence-corrected chi connectivity index (χ2v) is 21.5. The van der Waals surface area contributed by atoms with Gasteiger partial charge in [-0.05, 0) is 77.7 Å². The number of alkyl carbamates (subject to hydrolysis) is 1. The van der Waals surface area contributed by atoms with E-state index >= 15 is 0 Å². The number of amides is 8. The van der Waals surface area contributed by atoms with Crippen molar-refractivity contribution >= 4 is 59.5 Å². The average Bonchev–Trinajstić information content (AvgIpc) is 1.87. The molecule has 4 aliphatic rings. The van der Waals surface area contributed by atoms with Gasteiger partial charge in [0.25, 0.3) is 11.8 Å². The number of methoxy groups -OCH3 is 2. The van der Waals surface area contributed by atoms with E-state index in [1.54, 1.807) is 52.1 Å². The fourth-order valence-electron chi connectivity index (χ4n) is 9.67. The predicted molar refractivity (Wildman–Crippen MR) is 301 cm³/mol. The summed E-state index contributed by atoms with van der Waals surface area (Å²) in [7, 11) is 8.93. The van der Waals surface area contributed by atoms with Gasteiger partial charge in [0.1, 0.15) is 55.0 Å². The minimum absolute atomic E-state index is 0.0481. The molecule has 2 fully saturated rings. The largest absolute Gasteiger partial charge is 0.496 e. The van der Waals surface area contributed by atoms with Crippen molar-refractivity contribution in [1.82, 2.24) is 30.2 Å². The first-order valence-corrected chi connectivity index (χ1v) is 27.7. The summed E-state index contributed by atoms with van der Waals surface area (Å²) in [4.78, 5) is 123. The van der Waals surface area contributed by atoms with Crippen LogP contribution in [0.15, 0.2) is 60.2 Å². The second kappa shape index (κ2) is 29.8. The van der Waals surface area contributed by atoms with Crippen molar-refractivity contribution in [3.63, 3.8) is 0 Å². The number of anilines is 1. The number of nitrogens with one attached hydrogen (secondary N) is 2. The Hall–Kier alpha value is -7.35. The Morgan fingerprint density at radius 1 is 1.00 bits per heavy atom. The molecule has 1 aromatic rings. The summed E-state index contributed by atoms with van der Waals surface area (Å²) in [6.45, 7) is 12.0. The lowest BCUT2D eigenvalue weighted by Crippen LogP contribution is -2.63. The van der Waals surface area contributed by atoms with Crippen LogP contribution >= 0.6 is 0 Å². The van der Waals surface area contributed by atoms with Crippen molar-refractivity contribution in [3.8, 4) is 5.75 Å². The summed E-state index contributed by atoms with van der Waals surface area (Å²) < 4.78 is 46.2. The van der Waals surface area contributed by atoms with Crippen LogP contribution < -0.4 is 20.3 Å². The van der Waals surface area contributed by atoms with Crippen molar-refractivity contribution in [2.45, 2.75) is 141 Å². The fourth-order valence-corrected chi connectivity index (χ4v) is 9.67. The highest BCUT2D eigenvalue weighted by molar-refractivity contribution is 6.12. The van der Waals surface area contributed by atoms with Gasteiger partial charge < -0.3 is 67.9 Å². The van der Waals surface area contributed by atoms with Gasteiger partial charge >= 0.3 is 24.2 Å². The normalized spacial score (nSPS) is 25.6. The summed E-state index contributed by atoms with van der Waals surface area (Å²) in [5.74, 6) is -3.17. The maximum absolute atomic E-state index is 14.4. The number of aliphatic hydroxyl groups is 1. The first-order chi connectivity index (χ1) is 39.2. The Labute approximate surface area is 485 Å². The number of esters is 1. The molecule has 3 N–H and O–H groups in total. The number of epoxide rings is 1. The zero-order chi connectivity index (χ0) is 61.5. The van der Waals surface area contributed by atoms with Gasteiger partial charge in [-0.3, -0.25) is 34.2 Å². The van der Waals surface area contributed by atoms with E-state index < -0.39 is 108 Å². The van der Waals surface area contributed by atoms with Crippen LogP contribution in [0.1, 0.15) is 84.8 Å². The quantitative estimate of drug-likeness (QED) is 0.0488. The molecule has 25 nitrogen and oxygen atoms in total. The topological polar surface area (TPSA) is 291 Å². The van der Waals surface area contributed by atoms with E-state index in [0.29, 0.717) is 36.3 Å². The highest BCUT2D eigenvalue weighted by Crippen LogP contribution is 2.49. The van der Waals surface area contributed by atoms with Gasteiger partial charge in [0.2, 0.25) is 17.7 Å². The SMILES string of the molecule is CCC(/C=C/CC(C)OCC(=O)NCCN1C(=O)C=CC1=O)OC(=O)N(C)CCN(C)C(=O)OCCC(=O)N(C)[C@@H](C)C(=O)O[C@H]1CC(=O)N(C)c2cc(cc(OC)c2C)C/C(C)=C/C=C/C(OC)C2(O)C[C@H](OC(=O)N2)[C@@H](C)[C@@H]2O[C@@]12C. The van der Waals surface area contributed by atoms with Gasteiger partial charge in [0.05, 0.1) is 37.8 Å². The monoisotopic (exact) mass is 1170 g/mol. The van der Waals surface area contributed by atoms with Crippen molar-refractivity contribution in [3.05, 3.63) is 71.4 Å². The maximum atomic E-state index is 14.4. The molecule has 0 saturated carbocycles. The van der Waals surface area contributed by atoms with E-state index in [1.807, 2.05) is 39.0 Å². The number of likely N-dealkylation sites (N-methyl/N-ethyl adjacent to an activating group) is 3. The highest BCUT2D eigenvalue weighted by atomic mass is 16.7. The van der Waals surface area contributed by atoms with Crippen LogP contribution in [0.3, 0.4) is 0 Å². The molecule has 8 amide bonds. The fraction of sp³-hybridized carbons (Fsp3) is 0.603. The molecule has 4 bridgehead atoms. The van der Waals surface area contributed by atoms with Crippen molar-refractivity contribution in [1.29, 1.82) is 0 Å². The Morgan fingerprint density at radius 3 is 2.33 bits per heavy atom. The molecule has 4 unspecified atom stereocenters. The first kappa shape index (κ1) is 66.5. The van der Waals surface area contributed by atoms with Gasteiger partial charge in [-0.25, -0.2) is 19.2 Å². The molecule has 458 valence electrons. The van der Waals surface area contributed by atoms with Crippen molar-refractivity contribution in [2.75, 3.05) is 86.7 Å². The third-order valence-electron chi connectivity index (χ3n) is 15.3. The number of fused-ring (bicyclic) bond motifs is 5. The van der Waals surface area contributed by atoms with E-state index in [-0.39, 0.29) is 64.8 Å². The number of carbonyl (C=O) groups excluding carboxylic acids is 9. The summed E-state index contributed by atoms with van der Waals surface area (Å²) >= 11 is 0. The second-order valence-electron chi connectivity index (χ2n) is 21.5. The zero-order valence-corrected chi connectivity index (χ0v) is 49.9. The molecule has 0 aliphatic carbocycles. The standard InChI is InChI=1S/C58H83N7O18/c1-14-41(19-16-18-36(3)79-34-47(66)59-24-25-65-49(68)21-22-50(65)69)80-56(74)62(9)27-26-61(8)55(73)78-28-23-48(67)63(10)39(6)53(71)82-46-32-51(70)64(11)42-30-40(31-43(76-12)37(42)4)29-35(2)17-15-20-45(77-13)58(75)33-44(81-54(72)60-58)38(5)52-57(46,7)83-52/h15-17,19-22,30-31,36,38-39,41,44-46,52,75H,14,18,23-29,32-34H2,1-13H3,(H,59,66)(H,60,72)/b19-16+,20-15+,35-17+/t36?,38-,39+,41?,44+,45?,46+,52+,57+,58?/m1/s1. The molecule has 0 aromatic heterocycles. The number of imide groups is 1. The average molecular weight is 1170 g/mol. The van der Waals surface area contributed by atoms with Gasteiger partial charge in [-0.1, -0.05) is 43.7 Å². The van der Waals surface area contributed by atoms with Crippen LogP contribution in [-0.2, 0) is 68.3 Å². The van der Waals surface area contributed by atoms with Crippen molar-refractivity contribution < 1.29 is 86.2 Å². The lowest BCUT2D eigenvalue weighted by atomic mass is 9.83. The molecule has 4 aliphatic heterocycles.